The van der Waals surface area contributed by atoms with E-state index in [9.17, 15) is 9.90 Å². The van der Waals surface area contributed by atoms with Gasteiger partial charge in [0.05, 0.1) is 18.4 Å². The molecule has 3 aromatic rings. The standard InChI is InChI=1S/C17H19N3O4/c1-10-7-13(12(3)20(10)16-8-11(2)24-19-16)17(22)18-9-14(21)15-5-4-6-23-15/h4-8,14,21H,9H2,1-3H3,(H,18,22). The number of amides is 1. The van der Waals surface area contributed by atoms with Crippen LogP contribution in [0.4, 0.5) is 0 Å². The molecule has 0 aliphatic rings. The van der Waals surface area contributed by atoms with Gasteiger partial charge in [-0.05, 0) is 39.0 Å². The number of hydrogen-bond donors (Lipinski definition) is 2. The molecule has 0 aliphatic carbocycles. The van der Waals surface area contributed by atoms with Crippen molar-refractivity contribution >= 4 is 5.91 Å². The van der Waals surface area contributed by atoms with Crippen molar-refractivity contribution in [3.63, 3.8) is 0 Å². The summed E-state index contributed by atoms with van der Waals surface area (Å²) in [4.78, 5) is 12.4. The quantitative estimate of drug-likeness (QED) is 0.750. The fourth-order valence-electron chi connectivity index (χ4n) is 2.67. The third kappa shape index (κ3) is 2.98. The van der Waals surface area contributed by atoms with Crippen LogP contribution < -0.4 is 5.32 Å². The summed E-state index contributed by atoms with van der Waals surface area (Å²) < 4.78 is 12.1. The van der Waals surface area contributed by atoms with Crippen molar-refractivity contribution in [2.24, 2.45) is 0 Å². The molecule has 1 atom stereocenters. The second-order valence-corrected chi connectivity index (χ2v) is 5.66. The molecule has 7 heteroatoms. The molecule has 3 rings (SSSR count). The molecule has 3 aromatic heterocycles. The average molecular weight is 329 g/mol. The molecule has 1 amide bonds. The van der Waals surface area contributed by atoms with Gasteiger partial charge in [0, 0.05) is 17.5 Å². The van der Waals surface area contributed by atoms with Crippen molar-refractivity contribution in [3.8, 4) is 5.82 Å². The Balaban J connectivity index is 1.76. The number of carbonyl (C=O) groups is 1. The van der Waals surface area contributed by atoms with Crippen molar-refractivity contribution in [3.05, 3.63) is 59.0 Å². The van der Waals surface area contributed by atoms with Gasteiger partial charge in [-0.1, -0.05) is 5.16 Å². The first-order valence-corrected chi connectivity index (χ1v) is 7.59. The molecule has 2 N–H and O–H groups in total. The van der Waals surface area contributed by atoms with Crippen molar-refractivity contribution in [1.82, 2.24) is 15.0 Å². The molecule has 1 unspecified atom stereocenters. The Morgan fingerprint density at radius 2 is 2.17 bits per heavy atom. The van der Waals surface area contributed by atoms with E-state index in [0.29, 0.717) is 22.9 Å². The van der Waals surface area contributed by atoms with Gasteiger partial charge in [0.2, 0.25) is 0 Å². The largest absolute Gasteiger partial charge is 0.467 e. The molecule has 3 heterocycles. The number of hydrogen-bond acceptors (Lipinski definition) is 5. The lowest BCUT2D eigenvalue weighted by atomic mass is 10.2. The Labute approximate surface area is 138 Å². The number of aliphatic hydroxyl groups is 1. The van der Waals surface area contributed by atoms with E-state index in [4.69, 9.17) is 8.94 Å². The van der Waals surface area contributed by atoms with Crippen LogP contribution in [0.1, 0.15) is 39.4 Å². The molecule has 24 heavy (non-hydrogen) atoms. The highest BCUT2D eigenvalue weighted by Crippen LogP contribution is 2.21. The van der Waals surface area contributed by atoms with Gasteiger partial charge in [-0.25, -0.2) is 0 Å². The molecule has 0 bridgehead atoms. The minimum atomic E-state index is -0.884. The SMILES string of the molecule is Cc1cc(-n2c(C)cc(C(=O)NCC(O)c3ccco3)c2C)no1. The lowest BCUT2D eigenvalue weighted by Gasteiger charge is -2.10. The molecule has 0 fully saturated rings. The maximum atomic E-state index is 12.4. The van der Waals surface area contributed by atoms with Crippen LogP contribution in [-0.4, -0.2) is 27.3 Å². The van der Waals surface area contributed by atoms with Crippen LogP contribution >= 0.6 is 0 Å². The van der Waals surface area contributed by atoms with E-state index in [0.717, 1.165) is 11.4 Å². The Morgan fingerprint density at radius 3 is 2.79 bits per heavy atom. The van der Waals surface area contributed by atoms with Crippen molar-refractivity contribution < 1.29 is 18.8 Å². The summed E-state index contributed by atoms with van der Waals surface area (Å²) in [6.07, 6.45) is 0.596. The second kappa shape index (κ2) is 6.37. The number of carbonyl (C=O) groups excluding carboxylic acids is 1. The third-order valence-corrected chi connectivity index (χ3v) is 3.85. The van der Waals surface area contributed by atoms with Crippen LogP contribution in [0.2, 0.25) is 0 Å². The number of rotatable bonds is 5. The highest BCUT2D eigenvalue weighted by molar-refractivity contribution is 5.95. The van der Waals surface area contributed by atoms with Crippen LogP contribution in [0.3, 0.4) is 0 Å². The van der Waals surface area contributed by atoms with Gasteiger partial charge in [0.25, 0.3) is 5.91 Å². The summed E-state index contributed by atoms with van der Waals surface area (Å²) in [5.41, 5.74) is 2.16. The number of nitrogens with one attached hydrogen (secondary N) is 1. The van der Waals surface area contributed by atoms with Crippen molar-refractivity contribution in [2.75, 3.05) is 6.54 Å². The fourth-order valence-corrected chi connectivity index (χ4v) is 2.67. The molecule has 0 saturated carbocycles. The summed E-state index contributed by atoms with van der Waals surface area (Å²) >= 11 is 0. The molecule has 0 spiro atoms. The van der Waals surface area contributed by atoms with Crippen molar-refractivity contribution in [2.45, 2.75) is 26.9 Å². The first-order chi connectivity index (χ1) is 11.5. The van der Waals surface area contributed by atoms with Gasteiger partial charge in [-0.15, -0.1) is 0 Å². The fraction of sp³-hybridized carbons (Fsp3) is 0.294. The summed E-state index contributed by atoms with van der Waals surface area (Å²) in [5, 5.41) is 16.7. The van der Waals surface area contributed by atoms with Gasteiger partial charge < -0.3 is 19.4 Å². The van der Waals surface area contributed by atoms with Gasteiger partial charge in [0.1, 0.15) is 17.6 Å². The molecule has 126 valence electrons. The molecule has 0 aromatic carbocycles. The van der Waals surface area contributed by atoms with E-state index in [1.54, 1.807) is 18.2 Å². The molecule has 0 aliphatic heterocycles. The number of aryl methyl sites for hydroxylation is 2. The zero-order valence-corrected chi connectivity index (χ0v) is 13.7. The predicted molar refractivity (Wildman–Crippen MR) is 86.0 cm³/mol. The Kier molecular flexibility index (Phi) is 4.26. The summed E-state index contributed by atoms with van der Waals surface area (Å²) in [6.45, 7) is 5.62. The summed E-state index contributed by atoms with van der Waals surface area (Å²) in [5.74, 6) is 1.49. The Hall–Kier alpha value is -2.80. The summed E-state index contributed by atoms with van der Waals surface area (Å²) in [7, 11) is 0. The molecule has 0 radical (unpaired) electrons. The lowest BCUT2D eigenvalue weighted by Crippen LogP contribution is -2.28. The average Bonchev–Trinajstić information content (AvgIpc) is 3.26. The van der Waals surface area contributed by atoms with Crippen LogP contribution in [0.15, 0.2) is 39.5 Å². The van der Waals surface area contributed by atoms with E-state index in [-0.39, 0.29) is 12.5 Å². The van der Waals surface area contributed by atoms with Crippen LogP contribution in [0.25, 0.3) is 5.82 Å². The first kappa shape index (κ1) is 16.1. The minimum Gasteiger partial charge on any atom is -0.467 e. The minimum absolute atomic E-state index is 0.0685. The Morgan fingerprint density at radius 1 is 1.38 bits per heavy atom. The molecule has 0 saturated heterocycles. The molecule has 7 nitrogen and oxygen atoms in total. The smallest absolute Gasteiger partial charge is 0.253 e. The zero-order valence-electron chi connectivity index (χ0n) is 13.7. The maximum Gasteiger partial charge on any atom is 0.253 e. The topological polar surface area (TPSA) is 93.4 Å². The van der Waals surface area contributed by atoms with Crippen LogP contribution in [0, 0.1) is 20.8 Å². The second-order valence-electron chi connectivity index (χ2n) is 5.66. The number of aromatic nitrogens is 2. The van der Waals surface area contributed by atoms with Gasteiger partial charge in [-0.3, -0.25) is 9.36 Å². The molecular formula is C17H19N3O4. The first-order valence-electron chi connectivity index (χ1n) is 7.59. The van der Waals surface area contributed by atoms with Crippen LogP contribution in [0.5, 0.6) is 0 Å². The van der Waals surface area contributed by atoms with Gasteiger partial charge >= 0.3 is 0 Å². The maximum absolute atomic E-state index is 12.4. The third-order valence-electron chi connectivity index (χ3n) is 3.85. The van der Waals surface area contributed by atoms with Crippen LogP contribution in [-0.2, 0) is 0 Å². The molecular weight excluding hydrogens is 310 g/mol. The van der Waals surface area contributed by atoms with Gasteiger partial charge in [0.15, 0.2) is 5.82 Å². The zero-order chi connectivity index (χ0) is 17.3. The number of nitrogens with zero attached hydrogens (tertiary/aromatic N) is 2. The van der Waals surface area contributed by atoms with E-state index in [1.165, 1.54) is 6.26 Å². The normalized spacial score (nSPS) is 12.3. The lowest BCUT2D eigenvalue weighted by molar-refractivity contribution is 0.0900. The predicted octanol–water partition coefficient (Wildman–Crippen LogP) is 2.45. The van der Waals surface area contributed by atoms with Gasteiger partial charge in [-0.2, -0.15) is 0 Å². The number of aliphatic hydroxyl groups excluding tert-OH is 1. The summed E-state index contributed by atoms with van der Waals surface area (Å²) in [6, 6.07) is 6.94. The highest BCUT2D eigenvalue weighted by atomic mass is 16.5. The van der Waals surface area contributed by atoms with Crippen molar-refractivity contribution in [1.29, 1.82) is 0 Å². The highest BCUT2D eigenvalue weighted by Gasteiger charge is 2.19. The monoisotopic (exact) mass is 329 g/mol. The van der Waals surface area contributed by atoms with E-state index < -0.39 is 6.10 Å². The Bertz CT molecular complexity index is 845. The van der Waals surface area contributed by atoms with E-state index >= 15 is 0 Å². The van der Waals surface area contributed by atoms with E-state index in [1.807, 2.05) is 31.4 Å². The number of furan rings is 1. The van der Waals surface area contributed by atoms with E-state index in [2.05, 4.69) is 10.5 Å².